The van der Waals surface area contributed by atoms with Gasteiger partial charge in [0.1, 0.15) is 5.75 Å². The lowest BCUT2D eigenvalue weighted by molar-refractivity contribution is 0.0995. The lowest BCUT2D eigenvalue weighted by Gasteiger charge is -2.08. The number of carbonyl (C=O) groups excluding carboxylic acids is 1. The second-order valence-corrected chi connectivity index (χ2v) is 4.69. The van der Waals surface area contributed by atoms with Crippen LogP contribution >= 0.6 is 27.5 Å². The molecule has 0 aliphatic rings. The first kappa shape index (κ1) is 13.0. The highest BCUT2D eigenvalue weighted by atomic mass is 79.9. The summed E-state index contributed by atoms with van der Waals surface area (Å²) in [7, 11) is 0. The highest BCUT2D eigenvalue weighted by Crippen LogP contribution is 2.33. The number of rotatable bonds is 3. The molecule has 5 nitrogen and oxygen atoms in total. The van der Waals surface area contributed by atoms with Crippen molar-refractivity contribution in [3.8, 4) is 5.75 Å². The zero-order valence-corrected chi connectivity index (χ0v) is 11.7. The fraction of sp³-hybridized carbons (Fsp3) is 0.182. The van der Waals surface area contributed by atoms with Crippen molar-refractivity contribution < 1.29 is 9.53 Å². The number of ether oxygens (including phenoxy) is 1. The Hall–Kier alpha value is -1.40. The molecule has 94 valence electrons. The van der Waals surface area contributed by atoms with Crippen LogP contribution in [0.2, 0.25) is 5.02 Å². The minimum Gasteiger partial charge on any atom is -0.493 e. The molecule has 0 atom stereocenters. The number of hydrogen-bond acceptors (Lipinski definition) is 4. The van der Waals surface area contributed by atoms with Crippen molar-refractivity contribution in [2.45, 2.75) is 6.92 Å². The fourth-order valence-electron chi connectivity index (χ4n) is 1.50. The van der Waals surface area contributed by atoms with E-state index < -0.39 is 5.91 Å². The average Bonchev–Trinajstić information content (AvgIpc) is 2.31. The Labute approximate surface area is 116 Å². The highest BCUT2D eigenvalue weighted by molar-refractivity contribution is 9.10. The summed E-state index contributed by atoms with van der Waals surface area (Å²) in [6.07, 6.45) is 0. The van der Waals surface area contributed by atoms with Gasteiger partial charge in [0.05, 0.1) is 21.6 Å². The lowest BCUT2D eigenvalue weighted by atomic mass is 10.2. The zero-order valence-electron chi connectivity index (χ0n) is 9.41. The Bertz CT molecular complexity index is 633. The maximum Gasteiger partial charge on any atom is 0.270 e. The van der Waals surface area contributed by atoms with E-state index in [1.165, 1.54) is 0 Å². The van der Waals surface area contributed by atoms with Crippen molar-refractivity contribution in [2.24, 2.45) is 5.73 Å². The molecule has 2 rings (SSSR count). The minimum absolute atomic E-state index is 0.0415. The Morgan fingerprint density at radius 2 is 2.22 bits per heavy atom. The quantitative estimate of drug-likeness (QED) is 0.938. The highest BCUT2D eigenvalue weighted by Gasteiger charge is 2.15. The van der Waals surface area contributed by atoms with Gasteiger partial charge in [0.15, 0.2) is 5.69 Å². The summed E-state index contributed by atoms with van der Waals surface area (Å²) in [5, 5.41) is 8.40. The number of carbonyl (C=O) groups is 1. The Morgan fingerprint density at radius 1 is 1.50 bits per heavy atom. The van der Waals surface area contributed by atoms with Crippen molar-refractivity contribution in [3.63, 3.8) is 0 Å². The number of benzene rings is 1. The van der Waals surface area contributed by atoms with Gasteiger partial charge in [0.2, 0.25) is 0 Å². The van der Waals surface area contributed by atoms with E-state index in [0.717, 1.165) is 4.47 Å². The van der Waals surface area contributed by atoms with Gasteiger partial charge in [-0.25, -0.2) is 0 Å². The van der Waals surface area contributed by atoms with Crippen LogP contribution in [0.15, 0.2) is 16.6 Å². The summed E-state index contributed by atoms with van der Waals surface area (Å²) in [5.74, 6) is -0.0680. The summed E-state index contributed by atoms with van der Waals surface area (Å²) < 4.78 is 6.14. The molecule has 0 saturated heterocycles. The number of amides is 1. The van der Waals surface area contributed by atoms with E-state index in [2.05, 4.69) is 26.1 Å². The van der Waals surface area contributed by atoms with E-state index >= 15 is 0 Å². The number of nitrogens with zero attached hydrogens (tertiary/aromatic N) is 2. The van der Waals surface area contributed by atoms with E-state index in [1.807, 2.05) is 6.92 Å². The van der Waals surface area contributed by atoms with E-state index in [0.29, 0.717) is 23.3 Å². The topological polar surface area (TPSA) is 78.1 Å². The number of halogens is 2. The molecule has 1 heterocycles. The van der Waals surface area contributed by atoms with Gasteiger partial charge in [-0.15, -0.1) is 10.2 Å². The Morgan fingerprint density at radius 3 is 2.83 bits per heavy atom. The first-order valence-electron chi connectivity index (χ1n) is 5.12. The van der Waals surface area contributed by atoms with Gasteiger partial charge in [-0.1, -0.05) is 11.6 Å². The number of hydrogen-bond donors (Lipinski definition) is 1. The number of fused-ring (bicyclic) bond motifs is 1. The van der Waals surface area contributed by atoms with Crippen molar-refractivity contribution in [3.05, 3.63) is 27.3 Å². The van der Waals surface area contributed by atoms with Gasteiger partial charge >= 0.3 is 0 Å². The van der Waals surface area contributed by atoms with Gasteiger partial charge in [0.25, 0.3) is 5.91 Å². The molecule has 18 heavy (non-hydrogen) atoms. The molecular formula is C11H9BrClN3O2. The second kappa shape index (κ2) is 5.07. The van der Waals surface area contributed by atoms with E-state index in [-0.39, 0.29) is 10.7 Å². The number of aromatic nitrogens is 2. The Kier molecular flexibility index (Phi) is 3.68. The molecule has 0 unspecified atom stereocenters. The maximum absolute atomic E-state index is 11.1. The number of nitrogens with two attached hydrogens (primary N) is 1. The van der Waals surface area contributed by atoms with Gasteiger partial charge < -0.3 is 10.5 Å². The van der Waals surface area contributed by atoms with Gasteiger partial charge in [0, 0.05) is 11.5 Å². The monoisotopic (exact) mass is 329 g/mol. The SMILES string of the molecule is CCOc1cc2nnc(C(N)=O)c(Cl)c2cc1Br. The summed E-state index contributed by atoms with van der Waals surface area (Å²) in [5.41, 5.74) is 5.66. The predicted octanol–water partition coefficient (Wildman–Crippen LogP) is 2.54. The Balaban J connectivity index is 2.69. The molecular weight excluding hydrogens is 321 g/mol. The van der Waals surface area contributed by atoms with Crippen molar-refractivity contribution in [1.29, 1.82) is 0 Å². The minimum atomic E-state index is -0.709. The predicted molar refractivity (Wildman–Crippen MR) is 71.9 cm³/mol. The number of primary amides is 1. The third kappa shape index (κ3) is 2.26. The van der Waals surface area contributed by atoms with E-state index in [4.69, 9.17) is 22.1 Å². The third-order valence-corrected chi connectivity index (χ3v) is 3.29. The van der Waals surface area contributed by atoms with Crippen LogP contribution in [0.3, 0.4) is 0 Å². The zero-order chi connectivity index (χ0) is 13.3. The summed E-state index contributed by atoms with van der Waals surface area (Å²) in [6.45, 7) is 2.41. The van der Waals surface area contributed by atoms with Gasteiger partial charge in [-0.05, 0) is 28.9 Å². The fourth-order valence-corrected chi connectivity index (χ4v) is 2.24. The van der Waals surface area contributed by atoms with Gasteiger partial charge in [-0.3, -0.25) is 4.79 Å². The van der Waals surface area contributed by atoms with Crippen LogP contribution in [0.25, 0.3) is 10.9 Å². The molecule has 0 radical (unpaired) electrons. The first-order chi connectivity index (χ1) is 8.54. The molecule has 1 amide bonds. The summed E-state index contributed by atoms with van der Waals surface area (Å²) >= 11 is 9.44. The lowest BCUT2D eigenvalue weighted by Crippen LogP contribution is -2.14. The summed E-state index contributed by atoms with van der Waals surface area (Å²) in [4.78, 5) is 11.1. The normalized spacial score (nSPS) is 10.6. The van der Waals surface area contributed by atoms with E-state index in [1.54, 1.807) is 12.1 Å². The molecule has 7 heteroatoms. The molecule has 0 aliphatic heterocycles. The molecule has 2 N–H and O–H groups in total. The molecule has 0 fully saturated rings. The standard InChI is InChI=1S/C11H9BrClN3O2/c1-2-18-8-4-7-5(3-6(8)12)9(13)10(11(14)17)16-15-7/h3-4H,2H2,1H3,(H2,14,17). The molecule has 0 aliphatic carbocycles. The molecule has 0 bridgehead atoms. The van der Waals surface area contributed by atoms with Crippen molar-refractivity contribution >= 4 is 44.3 Å². The first-order valence-corrected chi connectivity index (χ1v) is 6.29. The molecule has 0 saturated carbocycles. The largest absolute Gasteiger partial charge is 0.493 e. The van der Waals surface area contributed by atoms with Crippen molar-refractivity contribution in [2.75, 3.05) is 6.61 Å². The molecule has 1 aromatic heterocycles. The van der Waals surface area contributed by atoms with Gasteiger partial charge in [-0.2, -0.15) is 0 Å². The van der Waals surface area contributed by atoms with Crippen molar-refractivity contribution in [1.82, 2.24) is 10.2 Å². The molecule has 1 aromatic carbocycles. The second-order valence-electron chi connectivity index (χ2n) is 3.46. The average molecular weight is 331 g/mol. The molecule has 2 aromatic rings. The van der Waals surface area contributed by atoms with Crippen LogP contribution in [-0.4, -0.2) is 22.7 Å². The van der Waals surface area contributed by atoms with Crippen LogP contribution in [0.4, 0.5) is 0 Å². The maximum atomic E-state index is 11.1. The van der Waals surface area contributed by atoms with E-state index in [9.17, 15) is 4.79 Å². The third-order valence-electron chi connectivity index (χ3n) is 2.29. The smallest absolute Gasteiger partial charge is 0.270 e. The molecule has 0 spiro atoms. The summed E-state index contributed by atoms with van der Waals surface area (Å²) in [6, 6.07) is 3.43. The van der Waals surface area contributed by atoms with Crippen LogP contribution in [0.1, 0.15) is 17.4 Å². The van der Waals surface area contributed by atoms with Crippen LogP contribution in [0, 0.1) is 0 Å². The van der Waals surface area contributed by atoms with Crippen LogP contribution < -0.4 is 10.5 Å². The van der Waals surface area contributed by atoms with Crippen LogP contribution in [-0.2, 0) is 0 Å². The van der Waals surface area contributed by atoms with Crippen LogP contribution in [0.5, 0.6) is 5.75 Å².